The summed E-state index contributed by atoms with van der Waals surface area (Å²) in [5.74, 6) is -0.936. The second-order valence-corrected chi connectivity index (χ2v) is 13.0. The molecule has 0 spiro atoms. The summed E-state index contributed by atoms with van der Waals surface area (Å²) in [5, 5.41) is 8.66. The van der Waals surface area contributed by atoms with Crippen molar-refractivity contribution in [1.29, 1.82) is 0 Å². The van der Waals surface area contributed by atoms with Crippen molar-refractivity contribution in [3.63, 3.8) is 0 Å². The number of alkyl halides is 3. The lowest BCUT2D eigenvalue weighted by molar-refractivity contribution is -0.137. The summed E-state index contributed by atoms with van der Waals surface area (Å²) in [6.45, 7) is 5.28. The molecule has 0 radical (unpaired) electrons. The van der Waals surface area contributed by atoms with Gasteiger partial charge in [0.15, 0.2) is 0 Å². The van der Waals surface area contributed by atoms with Crippen LogP contribution in [-0.2, 0) is 24.1 Å². The molecule has 10 nitrogen and oxygen atoms in total. The molecule has 13 heteroatoms. The van der Waals surface area contributed by atoms with Crippen LogP contribution < -0.4 is 20.9 Å². The van der Waals surface area contributed by atoms with Gasteiger partial charge in [0.25, 0.3) is 11.8 Å². The molecule has 4 heterocycles. The monoisotopic (exact) mass is 699 g/mol. The normalized spacial score (nSPS) is 16.5. The summed E-state index contributed by atoms with van der Waals surface area (Å²) < 4.78 is 39.6. The van der Waals surface area contributed by atoms with E-state index in [0.29, 0.717) is 35.6 Å². The zero-order chi connectivity index (χ0) is 36.0. The van der Waals surface area contributed by atoms with Crippen LogP contribution in [0.1, 0.15) is 70.3 Å². The van der Waals surface area contributed by atoms with Gasteiger partial charge in [0, 0.05) is 75.2 Å². The zero-order valence-electron chi connectivity index (χ0n) is 28.3. The molecule has 3 N–H and O–H groups in total. The Morgan fingerprint density at radius 3 is 2.49 bits per heavy atom. The summed E-state index contributed by atoms with van der Waals surface area (Å²) in [4.78, 5) is 51.9. The molecule has 2 aromatic heterocycles. The number of aromatic nitrogens is 2. The Kier molecular flexibility index (Phi) is 10.9. The Morgan fingerprint density at radius 2 is 1.71 bits per heavy atom. The van der Waals surface area contributed by atoms with Gasteiger partial charge >= 0.3 is 6.18 Å². The van der Waals surface area contributed by atoms with Gasteiger partial charge in [-0.15, -0.1) is 0 Å². The molecule has 0 bridgehead atoms. The molecule has 266 valence electrons. The number of nitrogens with one attached hydrogen (secondary N) is 3. The Morgan fingerprint density at radius 1 is 0.902 bits per heavy atom. The lowest BCUT2D eigenvalue weighted by atomic mass is 10.0. The fraction of sp³-hybridized carbons (Fsp3) is 0.342. The van der Waals surface area contributed by atoms with Crippen molar-refractivity contribution in [3.05, 3.63) is 107 Å². The SMILES string of the molecule is CC(=O)N[C@@H]1CCN(Cc2cccc(C(=O)Nc3ccc(N4CCCCC4)cc3-c3cc(C(=O)NCc4cccc(C(F)(F)F)c4)ccn3)n2)C1. The third-order valence-electron chi connectivity index (χ3n) is 9.08. The maximum absolute atomic E-state index is 13.6. The quantitative estimate of drug-likeness (QED) is 0.185. The van der Waals surface area contributed by atoms with Gasteiger partial charge in [-0.05, 0) is 85.8 Å². The minimum absolute atomic E-state index is 0.0544. The smallest absolute Gasteiger partial charge is 0.372 e. The van der Waals surface area contributed by atoms with Gasteiger partial charge in [-0.25, -0.2) is 4.98 Å². The van der Waals surface area contributed by atoms with E-state index in [-0.39, 0.29) is 29.8 Å². The fourth-order valence-electron chi connectivity index (χ4n) is 6.55. The summed E-state index contributed by atoms with van der Waals surface area (Å²) in [5.41, 5.74) is 3.28. The number of hydrogen-bond donors (Lipinski definition) is 3. The lowest BCUT2D eigenvalue weighted by Crippen LogP contribution is -2.35. The van der Waals surface area contributed by atoms with Crippen molar-refractivity contribution < 1.29 is 27.6 Å². The van der Waals surface area contributed by atoms with E-state index >= 15 is 0 Å². The summed E-state index contributed by atoms with van der Waals surface area (Å²) >= 11 is 0. The number of nitrogens with zero attached hydrogens (tertiary/aromatic N) is 4. The first-order valence-electron chi connectivity index (χ1n) is 17.1. The second kappa shape index (κ2) is 15.7. The van der Waals surface area contributed by atoms with Crippen LogP contribution in [-0.4, -0.2) is 64.8 Å². The Balaban J connectivity index is 1.21. The highest BCUT2D eigenvalue weighted by Gasteiger charge is 2.30. The van der Waals surface area contributed by atoms with Crippen LogP contribution in [0.5, 0.6) is 0 Å². The van der Waals surface area contributed by atoms with Crippen LogP contribution in [0.15, 0.2) is 79.0 Å². The third-order valence-corrected chi connectivity index (χ3v) is 9.08. The number of anilines is 2. The third kappa shape index (κ3) is 9.28. The van der Waals surface area contributed by atoms with E-state index in [2.05, 4.69) is 35.7 Å². The Bertz CT molecular complexity index is 1890. The van der Waals surface area contributed by atoms with Crippen LogP contribution in [0.3, 0.4) is 0 Å². The molecule has 4 aromatic rings. The van der Waals surface area contributed by atoms with Crippen molar-refractivity contribution in [2.45, 2.75) is 57.9 Å². The highest BCUT2D eigenvalue weighted by Crippen LogP contribution is 2.33. The molecule has 0 aliphatic carbocycles. The van der Waals surface area contributed by atoms with Gasteiger partial charge in [-0.2, -0.15) is 13.2 Å². The van der Waals surface area contributed by atoms with E-state index in [1.165, 1.54) is 31.3 Å². The number of rotatable bonds is 10. The molecule has 0 unspecified atom stereocenters. The second-order valence-electron chi connectivity index (χ2n) is 13.0. The molecule has 2 aromatic carbocycles. The maximum atomic E-state index is 13.6. The summed E-state index contributed by atoms with van der Waals surface area (Å²) in [7, 11) is 0. The average molecular weight is 700 g/mol. The van der Waals surface area contributed by atoms with Crippen molar-refractivity contribution in [1.82, 2.24) is 25.5 Å². The van der Waals surface area contributed by atoms with E-state index in [9.17, 15) is 27.6 Å². The van der Waals surface area contributed by atoms with Crippen LogP contribution in [0.25, 0.3) is 11.3 Å². The molecule has 6 rings (SSSR count). The first-order valence-corrected chi connectivity index (χ1v) is 17.1. The molecule has 51 heavy (non-hydrogen) atoms. The number of carbonyl (C=O) groups excluding carboxylic acids is 3. The molecule has 2 fully saturated rings. The van der Waals surface area contributed by atoms with Gasteiger partial charge in [0.05, 0.1) is 22.6 Å². The van der Waals surface area contributed by atoms with Gasteiger partial charge in [-0.3, -0.25) is 24.3 Å². The molecule has 3 amide bonds. The topological polar surface area (TPSA) is 120 Å². The first kappa shape index (κ1) is 35.5. The predicted octanol–water partition coefficient (Wildman–Crippen LogP) is 6.05. The number of likely N-dealkylation sites (tertiary alicyclic amines) is 1. The number of benzene rings is 2. The first-order chi connectivity index (χ1) is 24.5. The Labute approximate surface area is 294 Å². The largest absolute Gasteiger partial charge is 0.416 e. The number of hydrogen-bond acceptors (Lipinski definition) is 7. The molecule has 0 saturated carbocycles. The van der Waals surface area contributed by atoms with Crippen LogP contribution in [0.4, 0.5) is 24.5 Å². The number of piperidine rings is 1. The maximum Gasteiger partial charge on any atom is 0.416 e. The van der Waals surface area contributed by atoms with E-state index in [1.54, 1.807) is 18.2 Å². The van der Waals surface area contributed by atoms with E-state index < -0.39 is 23.6 Å². The van der Waals surface area contributed by atoms with Crippen LogP contribution >= 0.6 is 0 Å². The molecule has 1 atom stereocenters. The van der Waals surface area contributed by atoms with Gasteiger partial charge in [-0.1, -0.05) is 18.2 Å². The van der Waals surface area contributed by atoms with Crippen LogP contribution in [0.2, 0.25) is 0 Å². The standard InChI is InChI=1S/C38H40F3N7O3/c1-25(49)44-30-14-18-47(24-30)23-29-9-6-10-34(45-29)37(51)46-33-12-11-31(48-16-3-2-4-17-48)21-32(33)35-20-27(13-15-42-35)36(50)43-22-26-7-5-8-28(19-26)38(39,40)41/h5-13,15,19-21,30H,2-4,14,16-18,22-24H2,1H3,(H,43,50)(H,44,49)(H,46,51)/t30-/m1/s1. The fourth-order valence-corrected chi connectivity index (χ4v) is 6.55. The number of carbonyl (C=O) groups is 3. The van der Waals surface area contributed by atoms with Crippen molar-refractivity contribution in [3.8, 4) is 11.3 Å². The molecule has 2 saturated heterocycles. The van der Waals surface area contributed by atoms with E-state index in [0.717, 1.165) is 68.8 Å². The predicted molar refractivity (Wildman–Crippen MR) is 188 cm³/mol. The zero-order valence-corrected chi connectivity index (χ0v) is 28.3. The van der Waals surface area contributed by atoms with E-state index in [4.69, 9.17) is 0 Å². The number of halogens is 3. The molecular weight excluding hydrogens is 659 g/mol. The number of pyridine rings is 2. The minimum atomic E-state index is -4.48. The van der Waals surface area contributed by atoms with Crippen molar-refractivity contribution in [2.24, 2.45) is 0 Å². The average Bonchev–Trinajstić information content (AvgIpc) is 3.56. The lowest BCUT2D eigenvalue weighted by Gasteiger charge is -2.29. The highest BCUT2D eigenvalue weighted by atomic mass is 19.4. The van der Waals surface area contributed by atoms with Crippen molar-refractivity contribution in [2.75, 3.05) is 36.4 Å². The van der Waals surface area contributed by atoms with Gasteiger partial charge in [0.2, 0.25) is 5.91 Å². The Hall–Kier alpha value is -5.30. The summed E-state index contributed by atoms with van der Waals surface area (Å²) in [6, 6.07) is 19.1. The van der Waals surface area contributed by atoms with Crippen molar-refractivity contribution >= 4 is 29.1 Å². The molecule has 2 aliphatic rings. The summed E-state index contributed by atoms with van der Waals surface area (Å²) in [6.07, 6.45) is 1.16. The van der Waals surface area contributed by atoms with Gasteiger partial charge < -0.3 is 20.9 Å². The number of amides is 3. The highest BCUT2D eigenvalue weighted by molar-refractivity contribution is 6.05. The minimum Gasteiger partial charge on any atom is -0.372 e. The van der Waals surface area contributed by atoms with Crippen LogP contribution in [0, 0.1) is 0 Å². The molecular formula is C38H40F3N7O3. The van der Waals surface area contributed by atoms with Gasteiger partial charge in [0.1, 0.15) is 5.69 Å². The van der Waals surface area contributed by atoms with E-state index in [1.807, 2.05) is 24.3 Å². The molecule has 2 aliphatic heterocycles.